The topological polar surface area (TPSA) is 102 Å². The molecule has 6 nitrogen and oxygen atoms in total. The molecule has 0 spiro atoms. The summed E-state index contributed by atoms with van der Waals surface area (Å²) in [5.74, 6) is -9.04. The van der Waals surface area contributed by atoms with Crippen molar-refractivity contribution in [3.63, 3.8) is 0 Å². The van der Waals surface area contributed by atoms with Crippen LogP contribution in [0.15, 0.2) is 70.7 Å². The summed E-state index contributed by atoms with van der Waals surface area (Å²) in [4.78, 5) is 57.2. The monoisotopic (exact) mass is 896 g/mol. The van der Waals surface area contributed by atoms with Gasteiger partial charge in [0, 0.05) is 12.2 Å². The molecule has 0 aliphatic heterocycles. The molecular weight excluding hydrogens is 867 g/mol. The van der Waals surface area contributed by atoms with Crippen molar-refractivity contribution in [3.8, 4) is 0 Å². The molecule has 0 aliphatic rings. The maximum atomic E-state index is 12.0. The number of allylic oxidation sites excluding steroid dienone is 12. The number of rotatable bonds is 11. The molecule has 0 aromatic heterocycles. The first-order valence-corrected chi connectivity index (χ1v) is 14.0. The highest BCUT2D eigenvalue weighted by Gasteiger charge is 2.55. The van der Waals surface area contributed by atoms with Gasteiger partial charge in [-0.2, -0.15) is 74.6 Å². The quantitative estimate of drug-likeness (QED) is 0.116. The average molecular weight is 897 g/mol. The standard InChI is InChI=1S/C6H5F5O.C6H7F3O.C5H4F4O.C5H5F3O.C5H6F2O.C4H2F4O/c1-4(3-12)2-5(7,8)6(9,10)11;1-5(4-10)2-3-6(7,8)9;6-4(3-10)1-2-5(7,8)9;1-4(3-9)2-5(6,7)8;6-3-1-2-5(7)4-8;5-3(2-9)1-4(6,7)8/h2-3H,1H3;2,4H,3H2,1H3;1,3H,2H2;2-3H,1H3;2,4H,1,3H2;1-2H. The van der Waals surface area contributed by atoms with E-state index in [1.807, 2.05) is 0 Å². The van der Waals surface area contributed by atoms with Crippen LogP contribution >= 0.6 is 0 Å². The summed E-state index contributed by atoms with van der Waals surface area (Å²) in [5.41, 5.74) is -0.864. The summed E-state index contributed by atoms with van der Waals surface area (Å²) in [6.45, 7) is 2.67. The first-order valence-electron chi connectivity index (χ1n) is 14.0. The van der Waals surface area contributed by atoms with Gasteiger partial charge >= 0.3 is 36.8 Å². The van der Waals surface area contributed by atoms with E-state index in [1.165, 1.54) is 6.92 Å². The summed E-state index contributed by atoms with van der Waals surface area (Å²) in [6, 6.07) is 0. The maximum Gasteiger partial charge on any atom is 0.457 e. The van der Waals surface area contributed by atoms with Crippen molar-refractivity contribution in [3.05, 3.63) is 70.7 Å². The van der Waals surface area contributed by atoms with Gasteiger partial charge in [-0.05, 0) is 56.1 Å². The van der Waals surface area contributed by atoms with Crippen LogP contribution in [0.2, 0.25) is 0 Å². The molecule has 0 rings (SSSR count). The van der Waals surface area contributed by atoms with E-state index in [0.717, 1.165) is 26.0 Å². The number of alkyl halides is 18. The average Bonchev–Trinajstić information content (AvgIpc) is 3.06. The summed E-state index contributed by atoms with van der Waals surface area (Å²) in [5, 5.41) is 0. The molecule has 27 heteroatoms. The van der Waals surface area contributed by atoms with Gasteiger partial charge in [-0.25, -0.2) is 13.2 Å². The van der Waals surface area contributed by atoms with Gasteiger partial charge in [-0.3, -0.25) is 33.2 Å². The van der Waals surface area contributed by atoms with Crippen molar-refractivity contribution in [1.29, 1.82) is 0 Å². The van der Waals surface area contributed by atoms with Crippen LogP contribution in [0.1, 0.15) is 40.0 Å². The summed E-state index contributed by atoms with van der Waals surface area (Å²) < 4.78 is 239. The zero-order chi connectivity index (χ0) is 47.8. The van der Waals surface area contributed by atoms with Crippen LogP contribution in [-0.4, -0.2) is 81.2 Å². The first-order chi connectivity index (χ1) is 25.8. The maximum absolute atomic E-state index is 12.0. The van der Waals surface area contributed by atoms with Crippen molar-refractivity contribution in [1.82, 2.24) is 0 Å². The minimum atomic E-state index is -5.64. The van der Waals surface area contributed by atoms with Gasteiger partial charge in [0.05, 0.1) is 25.6 Å². The van der Waals surface area contributed by atoms with E-state index in [4.69, 9.17) is 0 Å². The molecule has 0 fully saturated rings. The molecule has 0 aromatic rings. The van der Waals surface area contributed by atoms with Crippen LogP contribution in [0, 0.1) is 0 Å². The van der Waals surface area contributed by atoms with Gasteiger partial charge in [-0.1, -0.05) is 6.08 Å². The Balaban J connectivity index is -0.000000140. The molecule has 58 heavy (non-hydrogen) atoms. The van der Waals surface area contributed by atoms with E-state index in [9.17, 15) is 121 Å². The van der Waals surface area contributed by atoms with Gasteiger partial charge in [0.15, 0.2) is 36.3 Å². The molecule has 336 valence electrons. The number of aldehydes is 6. The van der Waals surface area contributed by atoms with Crippen LogP contribution in [0.25, 0.3) is 0 Å². The molecule has 0 heterocycles. The highest BCUT2D eigenvalue weighted by atomic mass is 19.4. The second-order valence-corrected chi connectivity index (χ2v) is 9.46. The van der Waals surface area contributed by atoms with Gasteiger partial charge in [0.25, 0.3) is 0 Å². The van der Waals surface area contributed by atoms with E-state index < -0.39 is 97.8 Å². The van der Waals surface area contributed by atoms with Gasteiger partial charge < -0.3 is 0 Å². The minimum absolute atomic E-state index is 0.0232. The van der Waals surface area contributed by atoms with E-state index in [0.29, 0.717) is 6.29 Å². The largest absolute Gasteiger partial charge is 0.457 e. The van der Waals surface area contributed by atoms with Crippen LogP contribution < -0.4 is 0 Å². The third-order valence-electron chi connectivity index (χ3n) is 4.01. The third kappa shape index (κ3) is 57.7. The number of carbonyl (C=O) groups excluding carboxylic acids is 6. The molecule has 0 saturated heterocycles. The van der Waals surface area contributed by atoms with E-state index in [1.54, 1.807) is 0 Å². The van der Waals surface area contributed by atoms with Crippen LogP contribution in [-0.2, 0) is 28.8 Å². The molecule has 0 aromatic carbocycles. The van der Waals surface area contributed by atoms with Crippen LogP contribution in [0.5, 0.6) is 0 Å². The van der Waals surface area contributed by atoms with Crippen LogP contribution in [0.3, 0.4) is 0 Å². The normalized spacial score (nSPS) is 13.4. The number of hydrogen-bond donors (Lipinski definition) is 0. The lowest BCUT2D eigenvalue weighted by Crippen LogP contribution is -2.34. The van der Waals surface area contributed by atoms with E-state index >= 15 is 0 Å². The van der Waals surface area contributed by atoms with E-state index in [-0.39, 0.29) is 54.9 Å². The Morgan fingerprint density at radius 2 is 0.741 bits per heavy atom. The second kappa shape index (κ2) is 32.0. The number of hydrogen-bond acceptors (Lipinski definition) is 6. The zero-order valence-corrected chi connectivity index (χ0v) is 29.1. The Hall–Kier alpha value is -5.01. The number of halogens is 21. The Labute approximate surface area is 313 Å². The summed E-state index contributed by atoms with van der Waals surface area (Å²) in [6.07, 6.45) is -25.3. The number of carbonyl (C=O) groups is 6. The molecule has 0 N–H and O–H groups in total. The van der Waals surface area contributed by atoms with E-state index in [2.05, 4.69) is 0 Å². The first kappa shape index (κ1) is 64.9. The van der Waals surface area contributed by atoms with Crippen LogP contribution in [0.4, 0.5) is 92.2 Å². The van der Waals surface area contributed by atoms with Crippen molar-refractivity contribution in [2.24, 2.45) is 0 Å². The van der Waals surface area contributed by atoms with Crippen molar-refractivity contribution >= 4 is 37.7 Å². The molecule has 0 saturated carbocycles. The smallest absolute Gasteiger partial charge is 0.298 e. The Bertz CT molecular complexity index is 1340. The predicted molar refractivity (Wildman–Crippen MR) is 160 cm³/mol. The second-order valence-electron chi connectivity index (χ2n) is 9.46. The molecule has 0 atom stereocenters. The fourth-order valence-corrected chi connectivity index (χ4v) is 1.71. The van der Waals surface area contributed by atoms with Gasteiger partial charge in [-0.15, -0.1) is 0 Å². The molecule has 0 radical (unpaired) electrons. The Morgan fingerprint density at radius 1 is 0.414 bits per heavy atom. The predicted octanol–water partition coefficient (Wildman–Crippen LogP) is 11.1. The van der Waals surface area contributed by atoms with Crippen molar-refractivity contribution < 1.29 is 121 Å². The molecular formula is C31H29F21O6. The highest BCUT2D eigenvalue weighted by Crippen LogP contribution is 2.37. The van der Waals surface area contributed by atoms with Crippen molar-refractivity contribution in [2.45, 2.75) is 76.8 Å². The fraction of sp³-hybridized carbons (Fsp3) is 0.419. The van der Waals surface area contributed by atoms with Gasteiger partial charge in [0.1, 0.15) is 18.9 Å². The molecule has 0 unspecified atom stereocenters. The van der Waals surface area contributed by atoms with Crippen molar-refractivity contribution in [2.75, 3.05) is 6.67 Å². The van der Waals surface area contributed by atoms with Gasteiger partial charge in [0.2, 0.25) is 0 Å². The lowest BCUT2D eigenvalue weighted by Gasteiger charge is -2.15. The molecule has 0 bridgehead atoms. The summed E-state index contributed by atoms with van der Waals surface area (Å²) >= 11 is 0. The molecule has 0 aliphatic carbocycles. The lowest BCUT2D eigenvalue weighted by atomic mass is 10.2. The Kier molecular flexibility index (Phi) is 35.8. The minimum Gasteiger partial charge on any atom is -0.298 e. The lowest BCUT2D eigenvalue weighted by molar-refractivity contribution is -0.259. The SMILES string of the molecule is CC(C=O)=CC(F)(F)C(F)(F)F.CC(C=O)=CC(F)(F)F.CC(C=O)=CCC(F)(F)F.O=CC(F)=CC(F)(F)F.O=CC(F)=CCC(F)(F)F.O=CC(F)=CCCF. The summed E-state index contributed by atoms with van der Waals surface area (Å²) in [7, 11) is 0. The Morgan fingerprint density at radius 3 is 0.983 bits per heavy atom. The third-order valence-corrected chi connectivity index (χ3v) is 4.01. The molecule has 0 amide bonds. The fourth-order valence-electron chi connectivity index (χ4n) is 1.71. The zero-order valence-electron chi connectivity index (χ0n) is 29.1. The highest BCUT2D eigenvalue weighted by molar-refractivity contribution is 5.73.